The average molecular weight is 302 g/mol. The maximum absolute atomic E-state index is 12.0. The van der Waals surface area contributed by atoms with E-state index in [1.54, 1.807) is 25.3 Å². The van der Waals surface area contributed by atoms with Gasteiger partial charge in [0.05, 0.1) is 14.2 Å². The SMILES string of the molecule is COc1ccc(C(=O)OCCOc2ccccc2)c(OC)c1. The first-order chi connectivity index (χ1) is 10.7. The minimum atomic E-state index is -0.462. The van der Waals surface area contributed by atoms with Crippen LogP contribution in [0.2, 0.25) is 0 Å². The van der Waals surface area contributed by atoms with E-state index in [2.05, 4.69) is 0 Å². The summed E-state index contributed by atoms with van der Waals surface area (Å²) < 4.78 is 20.9. The van der Waals surface area contributed by atoms with Crippen molar-refractivity contribution in [3.05, 3.63) is 54.1 Å². The molecule has 22 heavy (non-hydrogen) atoms. The van der Waals surface area contributed by atoms with Crippen molar-refractivity contribution in [2.75, 3.05) is 27.4 Å². The Labute approximate surface area is 129 Å². The van der Waals surface area contributed by atoms with Crippen LogP contribution >= 0.6 is 0 Å². The first-order valence-electron chi connectivity index (χ1n) is 6.81. The summed E-state index contributed by atoms with van der Waals surface area (Å²) in [5.41, 5.74) is 0.350. The van der Waals surface area contributed by atoms with Crippen molar-refractivity contribution in [3.8, 4) is 17.2 Å². The second-order valence-corrected chi connectivity index (χ2v) is 4.36. The molecule has 0 aliphatic heterocycles. The molecular weight excluding hydrogens is 284 g/mol. The molecule has 0 aliphatic rings. The van der Waals surface area contributed by atoms with E-state index in [1.165, 1.54) is 7.11 Å². The molecule has 5 nitrogen and oxygen atoms in total. The Morgan fingerprint density at radius 2 is 1.68 bits per heavy atom. The molecule has 0 unspecified atom stereocenters. The Bertz CT molecular complexity index is 610. The van der Waals surface area contributed by atoms with Crippen LogP contribution in [0.5, 0.6) is 17.2 Å². The van der Waals surface area contributed by atoms with Crippen LogP contribution in [0.4, 0.5) is 0 Å². The Kier molecular flexibility index (Phi) is 5.65. The van der Waals surface area contributed by atoms with E-state index in [1.807, 2.05) is 30.3 Å². The molecule has 0 atom stereocenters. The van der Waals surface area contributed by atoms with Gasteiger partial charge in [0.2, 0.25) is 0 Å². The Morgan fingerprint density at radius 3 is 2.36 bits per heavy atom. The zero-order chi connectivity index (χ0) is 15.8. The molecule has 0 radical (unpaired) electrons. The zero-order valence-corrected chi connectivity index (χ0v) is 12.6. The predicted octanol–water partition coefficient (Wildman–Crippen LogP) is 2.94. The number of esters is 1. The monoisotopic (exact) mass is 302 g/mol. The largest absolute Gasteiger partial charge is 0.497 e. The van der Waals surface area contributed by atoms with Crippen LogP contribution in [0.15, 0.2) is 48.5 Å². The first kappa shape index (κ1) is 15.7. The van der Waals surface area contributed by atoms with Gasteiger partial charge in [0.15, 0.2) is 0 Å². The maximum Gasteiger partial charge on any atom is 0.342 e. The third kappa shape index (κ3) is 4.15. The summed E-state index contributed by atoms with van der Waals surface area (Å²) in [6, 6.07) is 14.3. The first-order valence-corrected chi connectivity index (χ1v) is 6.81. The number of carbonyl (C=O) groups is 1. The molecular formula is C17H18O5. The summed E-state index contributed by atoms with van der Waals surface area (Å²) in [6.45, 7) is 0.442. The summed E-state index contributed by atoms with van der Waals surface area (Å²) in [4.78, 5) is 12.0. The number of rotatable bonds is 7. The van der Waals surface area contributed by atoms with Crippen LogP contribution in [0.25, 0.3) is 0 Å². The average Bonchev–Trinajstić information content (AvgIpc) is 2.58. The topological polar surface area (TPSA) is 54.0 Å². The normalized spacial score (nSPS) is 9.91. The Hall–Kier alpha value is -2.69. The molecule has 0 bridgehead atoms. The molecule has 0 spiro atoms. The van der Waals surface area contributed by atoms with Gasteiger partial charge in [0.25, 0.3) is 0 Å². The number of benzene rings is 2. The quantitative estimate of drug-likeness (QED) is 0.581. The highest BCUT2D eigenvalue weighted by atomic mass is 16.6. The van der Waals surface area contributed by atoms with E-state index >= 15 is 0 Å². The summed E-state index contributed by atoms with van der Waals surface area (Å²) in [7, 11) is 3.04. The number of methoxy groups -OCH3 is 2. The van der Waals surface area contributed by atoms with Gasteiger partial charge in [-0.25, -0.2) is 4.79 Å². The number of carbonyl (C=O) groups excluding carboxylic acids is 1. The summed E-state index contributed by atoms with van der Waals surface area (Å²) in [5.74, 6) is 1.30. The highest BCUT2D eigenvalue weighted by Gasteiger charge is 2.14. The summed E-state index contributed by atoms with van der Waals surface area (Å²) in [6.07, 6.45) is 0. The van der Waals surface area contributed by atoms with Gasteiger partial charge >= 0.3 is 5.97 Å². The molecule has 0 saturated heterocycles. The van der Waals surface area contributed by atoms with Crippen LogP contribution in [0, 0.1) is 0 Å². The van der Waals surface area contributed by atoms with E-state index < -0.39 is 5.97 Å². The Morgan fingerprint density at radius 1 is 0.909 bits per heavy atom. The lowest BCUT2D eigenvalue weighted by molar-refractivity contribution is 0.0447. The lowest BCUT2D eigenvalue weighted by atomic mass is 10.2. The summed E-state index contributed by atoms with van der Waals surface area (Å²) in [5, 5.41) is 0. The van der Waals surface area contributed by atoms with Gasteiger partial charge in [0.1, 0.15) is 36.0 Å². The number of hydrogen-bond acceptors (Lipinski definition) is 5. The van der Waals surface area contributed by atoms with Crippen molar-refractivity contribution in [2.45, 2.75) is 0 Å². The van der Waals surface area contributed by atoms with Crippen LogP contribution in [-0.4, -0.2) is 33.4 Å². The second-order valence-electron chi connectivity index (χ2n) is 4.36. The molecule has 0 aromatic heterocycles. The van der Waals surface area contributed by atoms with Gasteiger partial charge in [-0.1, -0.05) is 18.2 Å². The second kappa shape index (κ2) is 7.93. The molecule has 2 aromatic carbocycles. The molecule has 0 fully saturated rings. The third-order valence-corrected chi connectivity index (χ3v) is 2.96. The van der Waals surface area contributed by atoms with Crippen LogP contribution in [-0.2, 0) is 4.74 Å². The fraction of sp³-hybridized carbons (Fsp3) is 0.235. The zero-order valence-electron chi connectivity index (χ0n) is 12.6. The van der Waals surface area contributed by atoms with Crippen molar-refractivity contribution >= 4 is 5.97 Å². The Balaban J connectivity index is 1.87. The predicted molar refractivity (Wildman–Crippen MR) is 81.8 cm³/mol. The maximum atomic E-state index is 12.0. The van der Waals surface area contributed by atoms with Crippen LogP contribution < -0.4 is 14.2 Å². The van der Waals surface area contributed by atoms with E-state index in [-0.39, 0.29) is 13.2 Å². The summed E-state index contributed by atoms with van der Waals surface area (Å²) >= 11 is 0. The number of ether oxygens (including phenoxy) is 4. The van der Waals surface area contributed by atoms with E-state index in [0.29, 0.717) is 17.1 Å². The molecule has 2 rings (SSSR count). The van der Waals surface area contributed by atoms with E-state index in [4.69, 9.17) is 18.9 Å². The smallest absolute Gasteiger partial charge is 0.342 e. The molecule has 0 amide bonds. The van der Waals surface area contributed by atoms with Gasteiger partial charge in [0, 0.05) is 6.07 Å². The molecule has 2 aromatic rings. The standard InChI is InChI=1S/C17H18O5/c1-19-14-8-9-15(16(12-14)20-2)17(18)22-11-10-21-13-6-4-3-5-7-13/h3-9,12H,10-11H2,1-2H3. The highest BCUT2D eigenvalue weighted by Crippen LogP contribution is 2.25. The van der Waals surface area contributed by atoms with Gasteiger partial charge < -0.3 is 18.9 Å². The van der Waals surface area contributed by atoms with Gasteiger partial charge in [-0.3, -0.25) is 0 Å². The molecule has 0 N–H and O–H groups in total. The molecule has 0 heterocycles. The van der Waals surface area contributed by atoms with Gasteiger partial charge in [-0.05, 0) is 24.3 Å². The fourth-order valence-corrected chi connectivity index (χ4v) is 1.86. The molecule has 116 valence electrons. The molecule has 0 aliphatic carbocycles. The van der Waals surface area contributed by atoms with Gasteiger partial charge in [-0.2, -0.15) is 0 Å². The fourth-order valence-electron chi connectivity index (χ4n) is 1.86. The highest BCUT2D eigenvalue weighted by molar-refractivity contribution is 5.92. The van der Waals surface area contributed by atoms with Crippen molar-refractivity contribution < 1.29 is 23.7 Å². The number of para-hydroxylation sites is 1. The molecule has 5 heteroatoms. The lowest BCUT2D eigenvalue weighted by Crippen LogP contribution is -2.13. The van der Waals surface area contributed by atoms with Crippen LogP contribution in [0.3, 0.4) is 0 Å². The third-order valence-electron chi connectivity index (χ3n) is 2.96. The van der Waals surface area contributed by atoms with Gasteiger partial charge in [-0.15, -0.1) is 0 Å². The van der Waals surface area contributed by atoms with Crippen molar-refractivity contribution in [1.82, 2.24) is 0 Å². The molecule has 0 saturated carbocycles. The minimum absolute atomic E-state index is 0.156. The van der Waals surface area contributed by atoms with Crippen molar-refractivity contribution in [1.29, 1.82) is 0 Å². The van der Waals surface area contributed by atoms with Crippen molar-refractivity contribution in [3.63, 3.8) is 0 Å². The number of hydrogen-bond donors (Lipinski definition) is 0. The van der Waals surface area contributed by atoms with E-state index in [0.717, 1.165) is 5.75 Å². The van der Waals surface area contributed by atoms with Crippen LogP contribution in [0.1, 0.15) is 10.4 Å². The lowest BCUT2D eigenvalue weighted by Gasteiger charge is -2.11. The van der Waals surface area contributed by atoms with Crippen molar-refractivity contribution in [2.24, 2.45) is 0 Å². The minimum Gasteiger partial charge on any atom is -0.497 e. The van der Waals surface area contributed by atoms with E-state index in [9.17, 15) is 4.79 Å².